The summed E-state index contributed by atoms with van der Waals surface area (Å²) in [5.74, 6) is 0. The quantitative estimate of drug-likeness (QED) is 0.152. The highest BCUT2D eigenvalue weighted by molar-refractivity contribution is 5.92. The molecule has 0 atom stereocenters. The molecular formula is C70H46N2. The molecule has 0 fully saturated rings. The van der Waals surface area contributed by atoms with E-state index >= 15 is 0 Å². The molecule has 1 aromatic heterocycles. The molecule has 14 rings (SSSR count). The van der Waals surface area contributed by atoms with Crippen LogP contribution in [-0.4, -0.2) is 9.97 Å². The summed E-state index contributed by atoms with van der Waals surface area (Å²) in [6.45, 7) is 0. The summed E-state index contributed by atoms with van der Waals surface area (Å²) in [7, 11) is 0. The van der Waals surface area contributed by atoms with Crippen molar-refractivity contribution >= 4 is 11.0 Å². The van der Waals surface area contributed by atoms with Crippen molar-refractivity contribution in [2.75, 3.05) is 0 Å². The first-order valence-electron chi connectivity index (χ1n) is 24.9. The van der Waals surface area contributed by atoms with Crippen molar-refractivity contribution in [2.24, 2.45) is 0 Å². The maximum absolute atomic E-state index is 5.33. The molecule has 0 radical (unpaired) electrons. The van der Waals surface area contributed by atoms with Gasteiger partial charge in [0.15, 0.2) is 0 Å². The molecule has 12 aromatic rings. The van der Waals surface area contributed by atoms with Gasteiger partial charge in [0, 0.05) is 11.1 Å². The number of fused-ring (bicyclic) bond motifs is 7. The van der Waals surface area contributed by atoms with Gasteiger partial charge in [-0.3, -0.25) is 0 Å². The first kappa shape index (κ1) is 41.7. The van der Waals surface area contributed by atoms with Gasteiger partial charge < -0.3 is 0 Å². The Bertz CT molecular complexity index is 3650. The van der Waals surface area contributed by atoms with E-state index in [0.29, 0.717) is 0 Å². The first-order chi connectivity index (χ1) is 35.7. The third-order valence-electron chi connectivity index (χ3n) is 15.5. The fourth-order valence-electron chi connectivity index (χ4n) is 12.3. The van der Waals surface area contributed by atoms with Crippen LogP contribution in [0.25, 0.3) is 78.1 Å². The number of nitrogens with zero attached hydrogens (tertiary/aromatic N) is 2. The van der Waals surface area contributed by atoms with Crippen LogP contribution < -0.4 is 0 Å². The summed E-state index contributed by atoms with van der Waals surface area (Å²) in [4.78, 5) is 10.7. The Morgan fingerprint density at radius 1 is 0.208 bits per heavy atom. The summed E-state index contributed by atoms with van der Waals surface area (Å²) in [6.07, 6.45) is 0. The van der Waals surface area contributed by atoms with E-state index in [1.54, 1.807) is 0 Å². The second kappa shape index (κ2) is 16.7. The zero-order chi connectivity index (χ0) is 47.6. The van der Waals surface area contributed by atoms with Crippen molar-refractivity contribution < 1.29 is 0 Å². The number of hydrogen-bond acceptors (Lipinski definition) is 2. The molecular weight excluding hydrogens is 869 g/mol. The molecule has 336 valence electrons. The molecule has 11 aromatic carbocycles. The lowest BCUT2D eigenvalue weighted by Gasteiger charge is -2.34. The van der Waals surface area contributed by atoms with E-state index in [4.69, 9.17) is 9.97 Å². The Hall–Kier alpha value is -9.24. The van der Waals surface area contributed by atoms with E-state index in [9.17, 15) is 0 Å². The van der Waals surface area contributed by atoms with E-state index in [-0.39, 0.29) is 0 Å². The molecule has 2 nitrogen and oxygen atoms in total. The van der Waals surface area contributed by atoms with Gasteiger partial charge in [-0.15, -0.1) is 0 Å². The minimum absolute atomic E-state index is 0.461. The van der Waals surface area contributed by atoms with Gasteiger partial charge in [0.05, 0.1) is 33.3 Å². The van der Waals surface area contributed by atoms with Gasteiger partial charge in [0.1, 0.15) is 0 Å². The lowest BCUT2D eigenvalue weighted by atomic mass is 9.67. The van der Waals surface area contributed by atoms with E-state index in [1.165, 1.54) is 77.9 Å². The largest absolute Gasteiger partial charge is 0.244 e. The Morgan fingerprint density at radius 3 is 0.847 bits per heavy atom. The topological polar surface area (TPSA) is 25.8 Å². The predicted octanol–water partition coefficient (Wildman–Crippen LogP) is 17.0. The Kier molecular flexibility index (Phi) is 9.69. The fraction of sp³-hybridized carbons (Fsp3) is 0.0286. The lowest BCUT2D eigenvalue weighted by molar-refractivity contribution is 0.769. The average Bonchev–Trinajstić information content (AvgIpc) is 3.94. The maximum atomic E-state index is 5.33. The number of benzene rings is 11. The summed E-state index contributed by atoms with van der Waals surface area (Å²) < 4.78 is 0. The summed E-state index contributed by atoms with van der Waals surface area (Å²) in [5.41, 5.74) is 24.6. The average molecular weight is 915 g/mol. The molecule has 2 heteroatoms. The predicted molar refractivity (Wildman–Crippen MR) is 296 cm³/mol. The molecule has 0 bridgehead atoms. The van der Waals surface area contributed by atoms with Gasteiger partial charge >= 0.3 is 0 Å². The van der Waals surface area contributed by atoms with Gasteiger partial charge in [0.2, 0.25) is 0 Å². The van der Waals surface area contributed by atoms with E-state index in [0.717, 1.165) is 44.7 Å². The van der Waals surface area contributed by atoms with Crippen molar-refractivity contribution in [3.05, 3.63) is 324 Å². The molecule has 72 heavy (non-hydrogen) atoms. The monoisotopic (exact) mass is 914 g/mol. The Labute approximate surface area is 420 Å². The normalized spacial score (nSPS) is 13.5. The molecule has 1 heterocycles. The lowest BCUT2D eigenvalue weighted by Crippen LogP contribution is -2.28. The van der Waals surface area contributed by atoms with Crippen LogP contribution in [0.5, 0.6) is 0 Å². The van der Waals surface area contributed by atoms with Crippen LogP contribution in [0.4, 0.5) is 0 Å². The zero-order valence-corrected chi connectivity index (χ0v) is 39.5. The minimum atomic E-state index is -0.461. The van der Waals surface area contributed by atoms with Crippen molar-refractivity contribution in [3.63, 3.8) is 0 Å². The highest BCUT2D eigenvalue weighted by Crippen LogP contribution is 2.58. The van der Waals surface area contributed by atoms with Crippen molar-refractivity contribution in [1.82, 2.24) is 9.97 Å². The third kappa shape index (κ3) is 6.29. The number of rotatable bonds is 8. The first-order valence-corrected chi connectivity index (χ1v) is 24.9. The molecule has 0 N–H and O–H groups in total. The van der Waals surface area contributed by atoms with Crippen LogP contribution in [-0.2, 0) is 10.8 Å². The standard InChI is InChI=1S/C70H46N2/c1-5-19-53(20-6-1)69(54-21-7-2-8-22-54)61-29-15-13-27-57(61)59-43-41-51(45-63(59)69)47-33-37-49(38-34-47)67-68(72-66-32-18-17-31-65(66)71-67)50-39-35-48(36-40-50)52-42-44-60-58-28-14-16-30-62(58)70(64(60)46-52,55-23-9-3-10-24-55)56-25-11-4-12-26-56/h1-46H. The maximum Gasteiger partial charge on any atom is 0.0973 e. The van der Waals surface area contributed by atoms with E-state index < -0.39 is 10.8 Å². The van der Waals surface area contributed by atoms with E-state index in [2.05, 4.69) is 267 Å². The molecule has 0 saturated carbocycles. The van der Waals surface area contributed by atoms with Crippen LogP contribution in [0.3, 0.4) is 0 Å². The zero-order valence-electron chi connectivity index (χ0n) is 39.5. The van der Waals surface area contributed by atoms with Crippen molar-refractivity contribution in [2.45, 2.75) is 10.8 Å². The Morgan fingerprint density at radius 2 is 0.486 bits per heavy atom. The van der Waals surface area contributed by atoms with Crippen LogP contribution in [0.1, 0.15) is 44.5 Å². The van der Waals surface area contributed by atoms with Crippen molar-refractivity contribution in [3.8, 4) is 67.0 Å². The number of hydrogen-bond donors (Lipinski definition) is 0. The van der Waals surface area contributed by atoms with Gasteiger partial charge in [-0.05, 0) is 113 Å². The van der Waals surface area contributed by atoms with Crippen molar-refractivity contribution in [1.29, 1.82) is 0 Å². The molecule has 2 aliphatic rings. The van der Waals surface area contributed by atoms with Gasteiger partial charge in [-0.1, -0.05) is 255 Å². The molecule has 0 unspecified atom stereocenters. The van der Waals surface area contributed by atoms with Crippen LogP contribution in [0.15, 0.2) is 279 Å². The molecule has 2 aliphatic carbocycles. The minimum Gasteiger partial charge on any atom is -0.244 e. The second-order valence-electron chi connectivity index (χ2n) is 19.1. The molecule has 0 amide bonds. The van der Waals surface area contributed by atoms with Gasteiger partial charge in [-0.2, -0.15) is 0 Å². The third-order valence-corrected chi connectivity index (χ3v) is 15.5. The van der Waals surface area contributed by atoms with Gasteiger partial charge in [-0.25, -0.2) is 9.97 Å². The van der Waals surface area contributed by atoms with Crippen LogP contribution in [0, 0.1) is 0 Å². The Balaban J connectivity index is 0.849. The second-order valence-corrected chi connectivity index (χ2v) is 19.1. The highest BCUT2D eigenvalue weighted by atomic mass is 14.8. The SMILES string of the molecule is c1ccc(C2(c3ccccc3)c3ccccc3-c3ccc(-c4ccc(-c5nc6ccccc6nc5-c5ccc(-c6ccc7c(c6)C(c6ccccc6)(c6ccccc6)c6ccccc6-7)cc5)cc4)cc32)cc1. The summed E-state index contributed by atoms with van der Waals surface area (Å²) >= 11 is 0. The molecule has 0 saturated heterocycles. The number of para-hydroxylation sites is 2. The number of aromatic nitrogens is 2. The smallest absolute Gasteiger partial charge is 0.0973 e. The van der Waals surface area contributed by atoms with E-state index in [1.807, 2.05) is 12.1 Å². The van der Waals surface area contributed by atoms with Crippen LogP contribution >= 0.6 is 0 Å². The summed E-state index contributed by atoms with van der Waals surface area (Å²) in [5, 5.41) is 0. The summed E-state index contributed by atoms with van der Waals surface area (Å²) in [6, 6.07) is 102. The molecule has 0 aliphatic heterocycles. The fourth-order valence-corrected chi connectivity index (χ4v) is 12.3. The van der Waals surface area contributed by atoms with Gasteiger partial charge in [0.25, 0.3) is 0 Å². The molecule has 0 spiro atoms. The van der Waals surface area contributed by atoms with Crippen LogP contribution in [0.2, 0.25) is 0 Å². The highest BCUT2D eigenvalue weighted by Gasteiger charge is 2.47.